The molecular weight excluding hydrogens is 524 g/mol. The van der Waals surface area contributed by atoms with Crippen LogP contribution in [0.4, 0.5) is 0 Å². The van der Waals surface area contributed by atoms with Crippen molar-refractivity contribution >= 4 is 54.9 Å². The standard InChI is InChI=1S/C24H31ClN4O5S2/c25-17-5-6-21-16(11-17)12-23(35-21)36(33,34)26-20-4-2-8-28(24(20)32)15-22(31)29-9-1-3-18(29)13-27-10-7-19(30)14-27/h5-6,11-12,18-20,26,30H,1-4,7-10,13-15H2. The molecule has 36 heavy (non-hydrogen) atoms. The number of carbonyl (C=O) groups is 2. The van der Waals surface area contributed by atoms with E-state index >= 15 is 0 Å². The van der Waals surface area contributed by atoms with Crippen LogP contribution < -0.4 is 4.72 Å². The van der Waals surface area contributed by atoms with Crippen molar-refractivity contribution in [3.63, 3.8) is 0 Å². The molecule has 9 nitrogen and oxygen atoms in total. The van der Waals surface area contributed by atoms with Gasteiger partial charge in [0.25, 0.3) is 10.0 Å². The lowest BCUT2D eigenvalue weighted by atomic mass is 10.1. The van der Waals surface area contributed by atoms with E-state index in [0.29, 0.717) is 37.5 Å². The number of amides is 2. The predicted molar refractivity (Wildman–Crippen MR) is 139 cm³/mol. The summed E-state index contributed by atoms with van der Waals surface area (Å²) in [7, 11) is -3.91. The van der Waals surface area contributed by atoms with Crippen molar-refractivity contribution in [3.05, 3.63) is 29.3 Å². The van der Waals surface area contributed by atoms with Gasteiger partial charge in [-0.2, -0.15) is 4.72 Å². The zero-order chi connectivity index (χ0) is 25.4. The van der Waals surface area contributed by atoms with Gasteiger partial charge in [-0.15, -0.1) is 11.3 Å². The molecular formula is C24H31ClN4O5S2. The summed E-state index contributed by atoms with van der Waals surface area (Å²) in [5, 5.41) is 11.1. The van der Waals surface area contributed by atoms with Gasteiger partial charge in [0, 0.05) is 48.5 Å². The predicted octanol–water partition coefficient (Wildman–Crippen LogP) is 1.88. The molecule has 3 aliphatic rings. The lowest BCUT2D eigenvalue weighted by Gasteiger charge is -2.34. The molecule has 3 aliphatic heterocycles. The minimum Gasteiger partial charge on any atom is -0.392 e. The third kappa shape index (κ3) is 5.56. The van der Waals surface area contributed by atoms with Gasteiger partial charge in [-0.3, -0.25) is 14.5 Å². The molecule has 0 aliphatic carbocycles. The minimum absolute atomic E-state index is 0.0441. The van der Waals surface area contributed by atoms with Crippen LogP contribution >= 0.6 is 22.9 Å². The summed E-state index contributed by atoms with van der Waals surface area (Å²) >= 11 is 7.15. The van der Waals surface area contributed by atoms with E-state index in [4.69, 9.17) is 11.6 Å². The summed E-state index contributed by atoms with van der Waals surface area (Å²) in [4.78, 5) is 31.9. The number of hydrogen-bond donors (Lipinski definition) is 2. The SMILES string of the molecule is O=C1C(NS(=O)(=O)c2cc3cc(Cl)ccc3s2)CCCN1CC(=O)N1CCCC1CN1CCC(O)C1. The van der Waals surface area contributed by atoms with Crippen LogP contribution in [-0.2, 0) is 19.6 Å². The van der Waals surface area contributed by atoms with Crippen LogP contribution in [0.5, 0.6) is 0 Å². The number of carbonyl (C=O) groups excluding carboxylic acids is 2. The maximum absolute atomic E-state index is 13.2. The quantitative estimate of drug-likeness (QED) is 0.541. The van der Waals surface area contributed by atoms with Crippen molar-refractivity contribution < 1.29 is 23.1 Å². The smallest absolute Gasteiger partial charge is 0.250 e. The average Bonchev–Trinajstić information content (AvgIpc) is 3.56. The number of likely N-dealkylation sites (tertiary alicyclic amines) is 3. The zero-order valence-corrected chi connectivity index (χ0v) is 22.3. The first-order valence-corrected chi connectivity index (χ1v) is 15.1. The number of β-amino-alcohol motifs (C(OH)–C–C–N with tert-alkyl or cyclic N) is 1. The Kier molecular flexibility index (Phi) is 7.58. The Morgan fingerprint density at radius 2 is 1.94 bits per heavy atom. The van der Waals surface area contributed by atoms with Crippen LogP contribution in [0.1, 0.15) is 32.1 Å². The van der Waals surface area contributed by atoms with Crippen LogP contribution in [0.2, 0.25) is 5.02 Å². The van der Waals surface area contributed by atoms with Gasteiger partial charge in [0.15, 0.2) is 0 Å². The normalized spacial score (nSPS) is 25.8. The molecule has 12 heteroatoms. The fourth-order valence-corrected chi connectivity index (χ4v) is 8.26. The number of thiophene rings is 1. The van der Waals surface area contributed by atoms with E-state index in [1.54, 1.807) is 24.3 Å². The number of aliphatic hydroxyl groups is 1. The van der Waals surface area contributed by atoms with E-state index in [0.717, 1.165) is 53.8 Å². The molecule has 0 saturated carbocycles. The highest BCUT2D eigenvalue weighted by molar-refractivity contribution is 7.91. The third-order valence-electron chi connectivity index (χ3n) is 7.29. The van der Waals surface area contributed by atoms with E-state index in [-0.39, 0.29) is 34.7 Å². The van der Waals surface area contributed by atoms with Crippen molar-refractivity contribution in [1.82, 2.24) is 19.4 Å². The first kappa shape index (κ1) is 25.9. The molecule has 3 unspecified atom stereocenters. The van der Waals surface area contributed by atoms with Crippen LogP contribution in [-0.4, -0.2) is 97.5 Å². The Balaban J connectivity index is 1.21. The molecule has 2 amide bonds. The van der Waals surface area contributed by atoms with Gasteiger partial charge in [-0.05, 0) is 61.8 Å². The van der Waals surface area contributed by atoms with Gasteiger partial charge in [-0.25, -0.2) is 8.42 Å². The van der Waals surface area contributed by atoms with Crippen molar-refractivity contribution in [3.8, 4) is 0 Å². The van der Waals surface area contributed by atoms with Crippen LogP contribution in [0.3, 0.4) is 0 Å². The fraction of sp³-hybridized carbons (Fsp3) is 0.583. The number of piperidine rings is 1. The summed E-state index contributed by atoms with van der Waals surface area (Å²) in [6.45, 7) is 3.25. The number of nitrogens with zero attached hydrogens (tertiary/aromatic N) is 3. The number of aliphatic hydroxyl groups excluding tert-OH is 1. The largest absolute Gasteiger partial charge is 0.392 e. The number of fused-ring (bicyclic) bond motifs is 1. The van der Waals surface area contributed by atoms with Crippen LogP contribution in [0.25, 0.3) is 10.1 Å². The monoisotopic (exact) mass is 554 g/mol. The average molecular weight is 555 g/mol. The van der Waals surface area contributed by atoms with E-state index in [1.807, 2.05) is 4.90 Å². The lowest BCUT2D eigenvalue weighted by Crippen LogP contribution is -2.55. The Bertz CT molecular complexity index is 1250. The van der Waals surface area contributed by atoms with E-state index in [9.17, 15) is 23.1 Å². The van der Waals surface area contributed by atoms with Gasteiger partial charge in [-0.1, -0.05) is 11.6 Å². The minimum atomic E-state index is -3.91. The highest BCUT2D eigenvalue weighted by atomic mass is 35.5. The maximum Gasteiger partial charge on any atom is 0.250 e. The molecule has 2 N–H and O–H groups in total. The van der Waals surface area contributed by atoms with Crippen LogP contribution in [0.15, 0.2) is 28.5 Å². The van der Waals surface area contributed by atoms with Gasteiger partial charge in [0.1, 0.15) is 10.3 Å². The Morgan fingerprint density at radius 1 is 1.14 bits per heavy atom. The first-order valence-electron chi connectivity index (χ1n) is 12.4. The van der Waals surface area contributed by atoms with Crippen molar-refractivity contribution in [2.24, 2.45) is 0 Å². The number of rotatable bonds is 7. The summed E-state index contributed by atoms with van der Waals surface area (Å²) in [5.74, 6) is -0.462. The number of halogens is 1. The van der Waals surface area contributed by atoms with Gasteiger partial charge >= 0.3 is 0 Å². The molecule has 4 heterocycles. The second kappa shape index (κ2) is 10.5. The number of hydrogen-bond acceptors (Lipinski definition) is 7. The Labute approximate surface area is 220 Å². The van der Waals surface area contributed by atoms with Gasteiger partial charge < -0.3 is 14.9 Å². The first-order chi connectivity index (χ1) is 17.2. The summed E-state index contributed by atoms with van der Waals surface area (Å²) in [5.41, 5.74) is 0. The fourth-order valence-electron chi connectivity index (χ4n) is 5.46. The summed E-state index contributed by atoms with van der Waals surface area (Å²) in [6.07, 6.45) is 3.30. The van der Waals surface area contributed by atoms with Crippen molar-refractivity contribution in [2.45, 2.75) is 54.5 Å². The third-order valence-corrected chi connectivity index (χ3v) is 10.6. The highest BCUT2D eigenvalue weighted by Gasteiger charge is 2.37. The molecule has 3 fully saturated rings. The Morgan fingerprint density at radius 3 is 2.72 bits per heavy atom. The molecule has 0 bridgehead atoms. The molecule has 0 radical (unpaired) electrons. The van der Waals surface area contributed by atoms with Crippen LogP contribution in [0, 0.1) is 0 Å². The topological polar surface area (TPSA) is 110 Å². The van der Waals surface area contributed by atoms with Gasteiger partial charge in [0.05, 0.1) is 12.6 Å². The van der Waals surface area contributed by atoms with Crippen molar-refractivity contribution in [1.29, 1.82) is 0 Å². The van der Waals surface area contributed by atoms with E-state index in [1.165, 1.54) is 4.90 Å². The summed E-state index contributed by atoms with van der Waals surface area (Å²) in [6, 6.07) is 5.95. The molecule has 1 aromatic heterocycles. The lowest BCUT2D eigenvalue weighted by molar-refractivity contribution is -0.143. The second-order valence-corrected chi connectivity index (χ2v) is 13.4. The van der Waals surface area contributed by atoms with E-state index in [2.05, 4.69) is 9.62 Å². The van der Waals surface area contributed by atoms with Gasteiger partial charge in [0.2, 0.25) is 11.8 Å². The number of benzene rings is 1. The maximum atomic E-state index is 13.2. The van der Waals surface area contributed by atoms with E-state index < -0.39 is 16.1 Å². The van der Waals surface area contributed by atoms with Crippen molar-refractivity contribution in [2.75, 3.05) is 39.3 Å². The number of nitrogens with one attached hydrogen (secondary N) is 1. The second-order valence-electron chi connectivity index (χ2n) is 9.91. The molecule has 3 saturated heterocycles. The molecule has 196 valence electrons. The molecule has 3 atom stereocenters. The molecule has 2 aromatic rings. The Hall–Kier alpha value is -1.76. The zero-order valence-electron chi connectivity index (χ0n) is 19.9. The molecule has 0 spiro atoms. The summed E-state index contributed by atoms with van der Waals surface area (Å²) < 4.78 is 29.6. The molecule has 5 rings (SSSR count). The molecule has 1 aromatic carbocycles. The highest BCUT2D eigenvalue weighted by Crippen LogP contribution is 2.31. The number of sulfonamides is 1.